The summed E-state index contributed by atoms with van der Waals surface area (Å²) in [7, 11) is 1.84. The number of nitrogens with one attached hydrogen (secondary N) is 2. The topological polar surface area (TPSA) is 101 Å². The van der Waals surface area contributed by atoms with Gasteiger partial charge in [0.05, 0.1) is 18.4 Å². The van der Waals surface area contributed by atoms with E-state index in [4.69, 9.17) is 0 Å². The molecule has 4 heterocycles. The number of aryl methyl sites for hydroxylation is 1. The van der Waals surface area contributed by atoms with Crippen LogP contribution in [-0.2, 0) is 17.9 Å². The predicted molar refractivity (Wildman–Crippen MR) is 106 cm³/mol. The van der Waals surface area contributed by atoms with Crippen LogP contribution in [0.5, 0.6) is 0 Å². The summed E-state index contributed by atoms with van der Waals surface area (Å²) in [5.74, 6) is 0.591. The van der Waals surface area contributed by atoms with Crippen LogP contribution in [0, 0.1) is 12.9 Å². The number of rotatable bonds is 5. The smallest absolute Gasteiger partial charge is 0.246 e. The van der Waals surface area contributed by atoms with Gasteiger partial charge in [0, 0.05) is 31.5 Å². The number of aromatic nitrogens is 5. The number of likely N-dealkylation sites (N-methyl/N-ethyl adjacent to an activating group) is 1. The van der Waals surface area contributed by atoms with Crippen molar-refractivity contribution in [1.82, 2.24) is 24.7 Å². The number of anilines is 3. The summed E-state index contributed by atoms with van der Waals surface area (Å²) in [6.45, 7) is 4.66. The highest BCUT2D eigenvalue weighted by molar-refractivity contribution is 6.03. The molecule has 2 N–H and O–H groups in total. The Morgan fingerprint density at radius 1 is 1.24 bits per heavy atom. The second-order valence-electron chi connectivity index (χ2n) is 7.00. The molecule has 0 aromatic carbocycles. The van der Waals surface area contributed by atoms with Crippen LogP contribution >= 0.6 is 0 Å². The van der Waals surface area contributed by atoms with Crippen molar-refractivity contribution in [2.75, 3.05) is 22.6 Å². The predicted octanol–water partition coefficient (Wildman–Crippen LogP) is 1.95. The van der Waals surface area contributed by atoms with Gasteiger partial charge >= 0.3 is 0 Å². The number of hydrogen-bond donors (Lipinski definition) is 2. The third kappa shape index (κ3) is 3.86. The first-order chi connectivity index (χ1) is 13.9. The van der Waals surface area contributed by atoms with Crippen molar-refractivity contribution < 1.29 is 9.18 Å². The van der Waals surface area contributed by atoms with Crippen LogP contribution in [0.15, 0.2) is 30.7 Å². The van der Waals surface area contributed by atoms with E-state index in [1.807, 2.05) is 32.0 Å². The first kappa shape index (κ1) is 18.8. The van der Waals surface area contributed by atoms with E-state index in [-0.39, 0.29) is 11.9 Å². The maximum atomic E-state index is 12.9. The Kier molecular flexibility index (Phi) is 4.83. The molecular weight excluding hydrogens is 375 g/mol. The molecule has 0 bridgehead atoms. The Bertz CT molecular complexity index is 1050. The van der Waals surface area contributed by atoms with Crippen molar-refractivity contribution in [1.29, 1.82) is 0 Å². The van der Waals surface area contributed by atoms with E-state index in [1.165, 1.54) is 12.3 Å². The lowest BCUT2D eigenvalue weighted by atomic mass is 10.2. The lowest BCUT2D eigenvalue weighted by Crippen LogP contribution is -2.44. The molecule has 1 amide bonds. The minimum absolute atomic E-state index is 0.0730. The molecule has 1 aliphatic heterocycles. The average molecular weight is 396 g/mol. The van der Waals surface area contributed by atoms with Crippen LogP contribution in [0.1, 0.15) is 23.7 Å². The molecule has 3 aromatic rings. The third-order valence-corrected chi connectivity index (χ3v) is 4.88. The first-order valence-corrected chi connectivity index (χ1v) is 9.18. The van der Waals surface area contributed by atoms with Gasteiger partial charge in [-0.1, -0.05) is 6.07 Å². The summed E-state index contributed by atoms with van der Waals surface area (Å²) in [6.07, 6.45) is 5.15. The highest BCUT2D eigenvalue weighted by Crippen LogP contribution is 2.32. The van der Waals surface area contributed by atoms with E-state index in [9.17, 15) is 9.18 Å². The van der Waals surface area contributed by atoms with Crippen molar-refractivity contribution in [3.8, 4) is 0 Å². The summed E-state index contributed by atoms with van der Waals surface area (Å²) in [5, 5.41) is 10.4. The minimum atomic E-state index is -0.501. The molecule has 4 rings (SSSR count). The fourth-order valence-corrected chi connectivity index (χ4v) is 3.08. The summed E-state index contributed by atoms with van der Waals surface area (Å²) in [6, 6.07) is 2.71. The molecule has 0 unspecified atom stereocenters. The van der Waals surface area contributed by atoms with Crippen molar-refractivity contribution in [2.24, 2.45) is 0 Å². The first-order valence-electron chi connectivity index (χ1n) is 9.18. The number of carbonyl (C=O) groups is 1. The quantitative estimate of drug-likeness (QED) is 0.636. The van der Waals surface area contributed by atoms with Crippen molar-refractivity contribution >= 4 is 23.4 Å². The van der Waals surface area contributed by atoms with Crippen LogP contribution in [0.2, 0.25) is 0 Å². The maximum Gasteiger partial charge on any atom is 0.246 e. The fourth-order valence-electron chi connectivity index (χ4n) is 3.08. The van der Waals surface area contributed by atoms with E-state index in [1.54, 1.807) is 16.9 Å². The van der Waals surface area contributed by atoms with E-state index in [0.29, 0.717) is 36.2 Å². The zero-order valence-electron chi connectivity index (χ0n) is 16.3. The van der Waals surface area contributed by atoms with Gasteiger partial charge in [-0.3, -0.25) is 9.48 Å². The number of fused-ring (bicyclic) bond motifs is 1. The van der Waals surface area contributed by atoms with E-state index in [0.717, 1.165) is 11.1 Å². The van der Waals surface area contributed by atoms with Crippen molar-refractivity contribution in [3.05, 3.63) is 53.5 Å². The number of pyridine rings is 1. The highest BCUT2D eigenvalue weighted by Gasteiger charge is 2.30. The van der Waals surface area contributed by atoms with Gasteiger partial charge in [-0.05, 0) is 25.5 Å². The molecule has 1 aliphatic rings. The molecule has 10 heteroatoms. The zero-order valence-corrected chi connectivity index (χ0v) is 16.3. The van der Waals surface area contributed by atoms with E-state index < -0.39 is 5.95 Å². The number of amides is 1. The van der Waals surface area contributed by atoms with E-state index >= 15 is 0 Å². The maximum absolute atomic E-state index is 12.9. The largest absolute Gasteiger partial charge is 0.350 e. The van der Waals surface area contributed by atoms with Crippen LogP contribution < -0.4 is 15.5 Å². The minimum Gasteiger partial charge on any atom is -0.350 e. The molecule has 1 atom stereocenters. The molecule has 0 fully saturated rings. The van der Waals surface area contributed by atoms with Gasteiger partial charge in [0.15, 0.2) is 5.82 Å². The van der Waals surface area contributed by atoms with Gasteiger partial charge in [0.2, 0.25) is 17.8 Å². The number of nitrogens with zero attached hydrogens (tertiary/aromatic N) is 6. The van der Waals surface area contributed by atoms with Crippen molar-refractivity contribution in [3.63, 3.8) is 0 Å². The Morgan fingerprint density at radius 2 is 2.07 bits per heavy atom. The molecule has 29 heavy (non-hydrogen) atoms. The van der Waals surface area contributed by atoms with Crippen LogP contribution in [-0.4, -0.2) is 43.7 Å². The van der Waals surface area contributed by atoms with Crippen LogP contribution in [0.25, 0.3) is 0 Å². The molecule has 0 saturated heterocycles. The van der Waals surface area contributed by atoms with E-state index in [2.05, 4.69) is 30.7 Å². The van der Waals surface area contributed by atoms with Gasteiger partial charge in [-0.2, -0.15) is 14.5 Å². The third-order valence-electron chi connectivity index (χ3n) is 4.88. The van der Waals surface area contributed by atoms with Gasteiger partial charge in [0.1, 0.15) is 11.7 Å². The van der Waals surface area contributed by atoms with Gasteiger partial charge in [-0.25, -0.2) is 9.97 Å². The monoisotopic (exact) mass is 396 g/mol. The standard InChI is InChI=1S/C19H21FN8O/c1-11-16-17(27(3)12(2)18(29)25-16)26-19(24-11)22-7-14-8-23-28(10-14)9-13-4-5-15(20)21-6-13/h4-6,8,10,12H,7,9H2,1-3H3,(H,25,29)(H,22,24,26)/t12-/m0/s1. The molecule has 0 radical (unpaired) electrons. The number of halogens is 1. The zero-order chi connectivity index (χ0) is 20.5. The lowest BCUT2D eigenvalue weighted by Gasteiger charge is -2.32. The second-order valence-corrected chi connectivity index (χ2v) is 7.00. The molecule has 9 nitrogen and oxygen atoms in total. The van der Waals surface area contributed by atoms with Gasteiger partial charge in [0.25, 0.3) is 0 Å². The number of hydrogen-bond acceptors (Lipinski definition) is 7. The summed E-state index contributed by atoms with van der Waals surface area (Å²) < 4.78 is 14.7. The average Bonchev–Trinajstić information content (AvgIpc) is 3.15. The summed E-state index contributed by atoms with van der Waals surface area (Å²) in [4.78, 5) is 26.5. The summed E-state index contributed by atoms with van der Waals surface area (Å²) in [5.41, 5.74) is 3.15. The molecule has 150 valence electrons. The van der Waals surface area contributed by atoms with Crippen LogP contribution in [0.3, 0.4) is 0 Å². The van der Waals surface area contributed by atoms with Gasteiger partial charge < -0.3 is 15.5 Å². The molecule has 0 saturated carbocycles. The molecule has 3 aromatic heterocycles. The Morgan fingerprint density at radius 3 is 2.83 bits per heavy atom. The fraction of sp³-hybridized carbons (Fsp3) is 0.316. The normalized spacial score (nSPS) is 15.8. The molecule has 0 aliphatic carbocycles. The number of carbonyl (C=O) groups excluding carboxylic acids is 1. The Balaban J connectivity index is 1.45. The Labute approximate surface area is 167 Å². The SMILES string of the molecule is Cc1nc(NCc2cnn(Cc3ccc(F)nc3)c2)nc2c1NC(=O)[C@H](C)N2C. The Hall–Kier alpha value is -3.56. The van der Waals surface area contributed by atoms with Crippen molar-refractivity contribution in [2.45, 2.75) is 33.0 Å². The van der Waals surface area contributed by atoms with Crippen LogP contribution in [0.4, 0.5) is 21.8 Å². The van der Waals surface area contributed by atoms with Gasteiger partial charge in [-0.15, -0.1) is 0 Å². The second kappa shape index (κ2) is 7.46. The molecule has 0 spiro atoms. The summed E-state index contributed by atoms with van der Waals surface area (Å²) >= 11 is 0. The highest BCUT2D eigenvalue weighted by atomic mass is 19.1. The molecular formula is C19H21FN8O. The lowest BCUT2D eigenvalue weighted by molar-refractivity contribution is -0.117.